The minimum absolute atomic E-state index is 0. The van der Waals surface area contributed by atoms with Gasteiger partial charge in [-0.15, -0.1) is 12.4 Å². The zero-order chi connectivity index (χ0) is 17.0. The summed E-state index contributed by atoms with van der Waals surface area (Å²) in [4.78, 5) is 26.4. The van der Waals surface area contributed by atoms with E-state index in [9.17, 15) is 9.59 Å². The van der Waals surface area contributed by atoms with E-state index in [0.29, 0.717) is 31.6 Å². The fraction of sp³-hybridized carbons (Fsp3) is 0.529. The number of ether oxygens (including phenoxy) is 1. The Balaban J connectivity index is 0.00000225. The monoisotopic (exact) mass is 368 g/mol. The first-order valence-electron chi connectivity index (χ1n) is 8.37. The molecule has 0 bridgehead atoms. The second-order valence-corrected chi connectivity index (χ2v) is 6.19. The second kappa shape index (κ2) is 8.51. The number of anilines is 2. The first-order chi connectivity index (χ1) is 11.6. The minimum atomic E-state index is -0.788. The molecule has 8 heteroatoms. The summed E-state index contributed by atoms with van der Waals surface area (Å²) < 4.78 is 5.55. The molecule has 2 saturated heterocycles. The molecule has 3 amide bonds. The van der Waals surface area contributed by atoms with Crippen LogP contribution in [0.3, 0.4) is 0 Å². The van der Waals surface area contributed by atoms with Crippen LogP contribution in [0, 0.1) is 0 Å². The van der Waals surface area contributed by atoms with Gasteiger partial charge < -0.3 is 20.7 Å². The van der Waals surface area contributed by atoms with Crippen molar-refractivity contribution in [2.45, 2.75) is 24.9 Å². The molecule has 3 rings (SSSR count). The molecule has 0 unspecified atom stereocenters. The number of nitrogens with one attached hydrogen (secondary N) is 3. The number of amides is 3. The quantitative estimate of drug-likeness (QED) is 0.756. The van der Waals surface area contributed by atoms with Crippen molar-refractivity contribution in [1.82, 2.24) is 10.6 Å². The molecule has 0 aliphatic carbocycles. The van der Waals surface area contributed by atoms with Crippen LogP contribution < -0.4 is 20.9 Å². The van der Waals surface area contributed by atoms with Gasteiger partial charge in [-0.3, -0.25) is 9.69 Å². The first-order valence-corrected chi connectivity index (χ1v) is 8.37. The molecular formula is C17H25ClN4O3. The molecule has 3 N–H and O–H groups in total. The van der Waals surface area contributed by atoms with Crippen LogP contribution in [0.5, 0.6) is 0 Å². The fourth-order valence-electron chi connectivity index (χ4n) is 3.23. The maximum atomic E-state index is 12.7. The Bertz CT molecular complexity index is 620. The van der Waals surface area contributed by atoms with Crippen molar-refractivity contribution in [3.8, 4) is 0 Å². The van der Waals surface area contributed by atoms with Crippen molar-refractivity contribution in [3.05, 3.63) is 24.3 Å². The number of urea groups is 1. The van der Waals surface area contributed by atoms with Gasteiger partial charge in [0.15, 0.2) is 0 Å². The molecule has 7 nitrogen and oxygen atoms in total. The molecule has 2 aliphatic rings. The molecular weight excluding hydrogens is 344 g/mol. The van der Waals surface area contributed by atoms with E-state index in [1.54, 1.807) is 12.0 Å². The molecule has 138 valence electrons. The lowest BCUT2D eigenvalue weighted by atomic mass is 9.91. The largest absolute Gasteiger partial charge is 0.368 e. The summed E-state index contributed by atoms with van der Waals surface area (Å²) in [6.45, 7) is 2.90. The number of halogens is 1. The first kappa shape index (κ1) is 19.5. The van der Waals surface area contributed by atoms with E-state index in [1.165, 1.54) is 0 Å². The van der Waals surface area contributed by atoms with Gasteiger partial charge in [0, 0.05) is 31.6 Å². The summed E-state index contributed by atoms with van der Waals surface area (Å²) in [5.74, 6) is -0.133. The molecule has 0 atom stereocenters. The zero-order valence-corrected chi connectivity index (χ0v) is 15.2. The average molecular weight is 369 g/mol. The Kier molecular flexibility index (Phi) is 6.64. The van der Waals surface area contributed by atoms with Gasteiger partial charge >= 0.3 is 6.03 Å². The lowest BCUT2D eigenvalue weighted by Gasteiger charge is -2.34. The van der Waals surface area contributed by atoms with Crippen molar-refractivity contribution < 1.29 is 14.3 Å². The van der Waals surface area contributed by atoms with Gasteiger partial charge in [0.2, 0.25) is 0 Å². The maximum absolute atomic E-state index is 12.7. The fourth-order valence-corrected chi connectivity index (χ4v) is 3.23. The van der Waals surface area contributed by atoms with Crippen molar-refractivity contribution in [2.75, 3.05) is 43.5 Å². The number of methoxy groups -OCH3 is 1. The van der Waals surface area contributed by atoms with E-state index < -0.39 is 5.60 Å². The number of hydrogen-bond donors (Lipinski definition) is 3. The highest BCUT2D eigenvalue weighted by atomic mass is 35.5. The van der Waals surface area contributed by atoms with E-state index in [2.05, 4.69) is 16.0 Å². The lowest BCUT2D eigenvalue weighted by molar-refractivity contribution is -0.140. The molecule has 25 heavy (non-hydrogen) atoms. The van der Waals surface area contributed by atoms with Crippen LogP contribution in [-0.2, 0) is 9.53 Å². The Morgan fingerprint density at radius 3 is 2.72 bits per heavy atom. The minimum Gasteiger partial charge on any atom is -0.368 e. The third kappa shape index (κ3) is 4.23. The summed E-state index contributed by atoms with van der Waals surface area (Å²) >= 11 is 0. The lowest BCUT2D eigenvalue weighted by Crippen LogP contribution is -2.51. The number of nitrogens with zero attached hydrogens (tertiary/aromatic N) is 1. The molecule has 2 fully saturated rings. The average Bonchev–Trinajstić information content (AvgIpc) is 2.63. The van der Waals surface area contributed by atoms with Crippen LogP contribution in [0.4, 0.5) is 16.2 Å². The van der Waals surface area contributed by atoms with Gasteiger partial charge in [-0.25, -0.2) is 4.79 Å². The predicted molar refractivity (Wildman–Crippen MR) is 99.5 cm³/mol. The van der Waals surface area contributed by atoms with Crippen molar-refractivity contribution >= 4 is 35.7 Å². The van der Waals surface area contributed by atoms with Crippen molar-refractivity contribution in [3.63, 3.8) is 0 Å². The number of carbonyl (C=O) groups excluding carboxylic acids is 2. The van der Waals surface area contributed by atoms with Crippen molar-refractivity contribution in [1.29, 1.82) is 0 Å². The highest BCUT2D eigenvalue weighted by molar-refractivity contribution is 5.99. The van der Waals surface area contributed by atoms with Gasteiger partial charge in [0.1, 0.15) is 5.60 Å². The van der Waals surface area contributed by atoms with Crippen LogP contribution in [0.2, 0.25) is 0 Å². The standard InChI is InChI=1S/C17H24N4O3.ClH/c1-24-17(6-9-18-10-7-17)15(22)20-13-4-2-5-14(12-13)21-11-3-8-19-16(21)23;/h2,4-5,12,18H,3,6-11H2,1H3,(H,19,23)(H,20,22);1H. The second-order valence-electron chi connectivity index (χ2n) is 6.19. The van der Waals surface area contributed by atoms with Gasteiger partial charge in [0.25, 0.3) is 5.91 Å². The van der Waals surface area contributed by atoms with Crippen LogP contribution in [0.1, 0.15) is 19.3 Å². The summed E-state index contributed by atoms with van der Waals surface area (Å²) in [5.41, 5.74) is 0.664. The molecule has 2 heterocycles. The van der Waals surface area contributed by atoms with Crippen LogP contribution >= 0.6 is 12.4 Å². The Morgan fingerprint density at radius 1 is 1.28 bits per heavy atom. The Labute approximate surface area is 153 Å². The third-order valence-electron chi connectivity index (χ3n) is 4.71. The number of benzene rings is 1. The van der Waals surface area contributed by atoms with E-state index in [-0.39, 0.29) is 24.3 Å². The van der Waals surface area contributed by atoms with Crippen LogP contribution in [0.15, 0.2) is 24.3 Å². The summed E-state index contributed by atoms with van der Waals surface area (Å²) in [6.07, 6.45) is 2.19. The molecule has 0 saturated carbocycles. The molecule has 1 aromatic rings. The van der Waals surface area contributed by atoms with Crippen molar-refractivity contribution in [2.24, 2.45) is 0 Å². The summed E-state index contributed by atoms with van der Waals surface area (Å²) in [6, 6.07) is 7.27. The number of carbonyl (C=O) groups is 2. The van der Waals surface area contributed by atoms with Crippen LogP contribution in [-0.4, -0.2) is 50.8 Å². The van der Waals surface area contributed by atoms with E-state index in [1.807, 2.05) is 24.3 Å². The molecule has 2 aliphatic heterocycles. The van der Waals surface area contributed by atoms with E-state index in [0.717, 1.165) is 25.2 Å². The number of piperidine rings is 1. The Morgan fingerprint density at radius 2 is 2.04 bits per heavy atom. The van der Waals surface area contributed by atoms with Crippen LogP contribution in [0.25, 0.3) is 0 Å². The normalized spacial score (nSPS) is 19.6. The SMILES string of the molecule is COC1(C(=O)Nc2cccc(N3CCCNC3=O)c2)CCNCC1.Cl. The topological polar surface area (TPSA) is 82.7 Å². The molecule has 0 aromatic heterocycles. The third-order valence-corrected chi connectivity index (χ3v) is 4.71. The maximum Gasteiger partial charge on any atom is 0.321 e. The highest BCUT2D eigenvalue weighted by Crippen LogP contribution is 2.26. The smallest absolute Gasteiger partial charge is 0.321 e. The van der Waals surface area contributed by atoms with Gasteiger partial charge in [-0.2, -0.15) is 0 Å². The van der Waals surface area contributed by atoms with Gasteiger partial charge in [-0.1, -0.05) is 6.07 Å². The Hall–Kier alpha value is -1.83. The molecule has 0 radical (unpaired) electrons. The zero-order valence-electron chi connectivity index (χ0n) is 14.3. The summed E-state index contributed by atoms with van der Waals surface area (Å²) in [5, 5.41) is 9.02. The molecule has 1 aromatic carbocycles. The summed E-state index contributed by atoms with van der Waals surface area (Å²) in [7, 11) is 1.58. The van der Waals surface area contributed by atoms with E-state index in [4.69, 9.17) is 4.74 Å². The van der Waals surface area contributed by atoms with Gasteiger partial charge in [-0.05, 0) is 50.6 Å². The number of hydrogen-bond acceptors (Lipinski definition) is 4. The van der Waals surface area contributed by atoms with Gasteiger partial charge in [0.05, 0.1) is 0 Å². The predicted octanol–water partition coefficient (Wildman–Crippen LogP) is 1.74. The van der Waals surface area contributed by atoms with E-state index >= 15 is 0 Å². The number of rotatable bonds is 4. The highest BCUT2D eigenvalue weighted by Gasteiger charge is 2.39. The molecule has 0 spiro atoms.